The van der Waals surface area contributed by atoms with E-state index in [0.29, 0.717) is 0 Å². The lowest BCUT2D eigenvalue weighted by molar-refractivity contribution is 0.0765. The minimum absolute atomic E-state index is 0.100. The Labute approximate surface area is 101 Å². The van der Waals surface area contributed by atoms with Gasteiger partial charge in [-0.2, -0.15) is 0 Å². The van der Waals surface area contributed by atoms with E-state index < -0.39 is 0 Å². The largest absolute Gasteiger partial charge is 0.334 e. The van der Waals surface area contributed by atoms with Gasteiger partial charge in [0.1, 0.15) is 0 Å². The normalized spacial score (nSPS) is 15.9. The lowest BCUT2D eigenvalue weighted by Gasteiger charge is -2.26. The predicted molar refractivity (Wildman–Crippen MR) is 68.0 cm³/mol. The van der Waals surface area contributed by atoms with Crippen LogP contribution in [0.15, 0.2) is 40.8 Å². The summed E-state index contributed by atoms with van der Waals surface area (Å²) < 4.78 is 0. The van der Waals surface area contributed by atoms with Gasteiger partial charge in [-0.05, 0) is 31.5 Å². The topological polar surface area (TPSA) is 20.3 Å². The monoisotopic (exact) mass is 233 g/mol. The highest BCUT2D eigenvalue weighted by Gasteiger charge is 2.17. The molecule has 0 spiro atoms. The van der Waals surface area contributed by atoms with Crippen LogP contribution in [-0.2, 0) is 0 Å². The van der Waals surface area contributed by atoms with Crippen molar-refractivity contribution in [3.05, 3.63) is 41.5 Å². The molecule has 3 heteroatoms. The predicted octanol–water partition coefficient (Wildman–Crippen LogP) is 2.77. The Kier molecular flexibility index (Phi) is 3.34. The Hall–Kier alpha value is -1.22. The number of thiol groups is 1. The van der Waals surface area contributed by atoms with E-state index in [0.717, 1.165) is 30.0 Å². The van der Waals surface area contributed by atoms with Crippen LogP contribution < -0.4 is 0 Å². The van der Waals surface area contributed by atoms with E-state index in [1.807, 2.05) is 29.2 Å². The van der Waals surface area contributed by atoms with Crippen molar-refractivity contribution in [2.24, 2.45) is 0 Å². The van der Waals surface area contributed by atoms with Gasteiger partial charge in [-0.15, -0.1) is 12.6 Å². The van der Waals surface area contributed by atoms with Crippen molar-refractivity contribution in [3.8, 4) is 0 Å². The van der Waals surface area contributed by atoms with E-state index in [9.17, 15) is 4.79 Å². The molecule has 2 rings (SSSR count). The maximum absolute atomic E-state index is 12.2. The van der Waals surface area contributed by atoms with Gasteiger partial charge in [-0.3, -0.25) is 4.79 Å². The van der Waals surface area contributed by atoms with Crippen molar-refractivity contribution < 1.29 is 4.79 Å². The smallest absolute Gasteiger partial charge is 0.254 e. The number of hydrogen-bond donors (Lipinski definition) is 1. The molecule has 1 aromatic carbocycles. The van der Waals surface area contributed by atoms with Gasteiger partial charge in [0, 0.05) is 23.5 Å². The third-order valence-corrected chi connectivity index (χ3v) is 2.99. The zero-order chi connectivity index (χ0) is 11.5. The van der Waals surface area contributed by atoms with E-state index in [1.54, 1.807) is 0 Å². The second-order valence-electron chi connectivity index (χ2n) is 4.12. The van der Waals surface area contributed by atoms with Crippen LogP contribution in [0.4, 0.5) is 0 Å². The molecule has 0 saturated heterocycles. The van der Waals surface area contributed by atoms with Gasteiger partial charge in [-0.25, -0.2) is 0 Å². The molecule has 0 fully saturated rings. The first kappa shape index (κ1) is 11.3. The number of hydrogen-bond acceptors (Lipinski definition) is 2. The fraction of sp³-hybridized carbons (Fsp3) is 0.308. The summed E-state index contributed by atoms with van der Waals surface area (Å²) in [6.07, 6.45) is 3.15. The molecular weight excluding hydrogens is 218 g/mol. The fourth-order valence-electron chi connectivity index (χ4n) is 1.91. The molecule has 1 aromatic rings. The second kappa shape index (κ2) is 4.74. The molecule has 0 aromatic heterocycles. The molecule has 2 nitrogen and oxygen atoms in total. The SMILES string of the molecule is CC1=CCCN(C(=O)c2cccc(S)c2)C1. The Bertz CT molecular complexity index is 439. The molecule has 0 atom stereocenters. The van der Waals surface area contributed by atoms with Crippen LogP contribution in [0, 0.1) is 0 Å². The van der Waals surface area contributed by atoms with Gasteiger partial charge in [0.05, 0.1) is 0 Å². The van der Waals surface area contributed by atoms with Crippen LogP contribution in [0.1, 0.15) is 23.7 Å². The van der Waals surface area contributed by atoms with Crippen molar-refractivity contribution in [2.45, 2.75) is 18.2 Å². The van der Waals surface area contributed by atoms with Crippen LogP contribution in [0.25, 0.3) is 0 Å². The Balaban J connectivity index is 2.16. The number of benzene rings is 1. The summed E-state index contributed by atoms with van der Waals surface area (Å²) >= 11 is 4.25. The van der Waals surface area contributed by atoms with Crippen molar-refractivity contribution >= 4 is 18.5 Å². The lowest BCUT2D eigenvalue weighted by Crippen LogP contribution is -2.35. The molecular formula is C13H15NOS. The molecule has 84 valence electrons. The summed E-state index contributed by atoms with van der Waals surface area (Å²) in [5.74, 6) is 0.100. The van der Waals surface area contributed by atoms with Gasteiger partial charge in [0.25, 0.3) is 5.91 Å². The molecule has 1 aliphatic heterocycles. The molecule has 1 amide bonds. The molecule has 0 radical (unpaired) electrons. The standard InChI is InChI=1S/C13H15NOS/c1-10-4-3-7-14(9-10)13(15)11-5-2-6-12(16)8-11/h2,4-6,8,16H,3,7,9H2,1H3. The van der Waals surface area contributed by atoms with Crippen LogP contribution in [0.5, 0.6) is 0 Å². The first-order valence-corrected chi connectivity index (χ1v) is 5.85. The summed E-state index contributed by atoms with van der Waals surface area (Å²) in [7, 11) is 0. The average Bonchev–Trinajstić information content (AvgIpc) is 2.28. The Morgan fingerprint density at radius 2 is 2.25 bits per heavy atom. The molecule has 0 saturated carbocycles. The van der Waals surface area contributed by atoms with Crippen molar-refractivity contribution in [1.29, 1.82) is 0 Å². The van der Waals surface area contributed by atoms with E-state index in [1.165, 1.54) is 5.57 Å². The number of amides is 1. The van der Waals surface area contributed by atoms with Crippen LogP contribution in [0.2, 0.25) is 0 Å². The van der Waals surface area contributed by atoms with Crippen molar-refractivity contribution in [1.82, 2.24) is 4.90 Å². The zero-order valence-corrected chi connectivity index (χ0v) is 10.2. The summed E-state index contributed by atoms with van der Waals surface area (Å²) in [5, 5.41) is 0. The van der Waals surface area contributed by atoms with Gasteiger partial charge < -0.3 is 4.90 Å². The molecule has 0 bridgehead atoms. The maximum atomic E-state index is 12.2. The molecule has 1 heterocycles. The average molecular weight is 233 g/mol. The molecule has 0 aliphatic carbocycles. The first-order chi connectivity index (χ1) is 7.66. The Morgan fingerprint density at radius 1 is 1.44 bits per heavy atom. The summed E-state index contributed by atoms with van der Waals surface area (Å²) in [4.78, 5) is 14.9. The maximum Gasteiger partial charge on any atom is 0.254 e. The van der Waals surface area contributed by atoms with E-state index >= 15 is 0 Å². The number of carbonyl (C=O) groups excluding carboxylic acids is 1. The highest BCUT2D eigenvalue weighted by atomic mass is 32.1. The molecule has 0 N–H and O–H groups in total. The van der Waals surface area contributed by atoms with Gasteiger partial charge >= 0.3 is 0 Å². The number of nitrogens with zero attached hydrogens (tertiary/aromatic N) is 1. The highest BCUT2D eigenvalue weighted by Crippen LogP contribution is 2.15. The third kappa shape index (κ3) is 2.47. The summed E-state index contributed by atoms with van der Waals surface area (Å²) in [6.45, 7) is 3.62. The van der Waals surface area contributed by atoms with Crippen molar-refractivity contribution in [2.75, 3.05) is 13.1 Å². The first-order valence-electron chi connectivity index (χ1n) is 5.41. The zero-order valence-electron chi connectivity index (χ0n) is 9.31. The molecule has 0 unspecified atom stereocenters. The molecule has 1 aliphatic rings. The molecule has 16 heavy (non-hydrogen) atoms. The minimum atomic E-state index is 0.100. The van der Waals surface area contributed by atoms with E-state index in [4.69, 9.17) is 0 Å². The minimum Gasteiger partial charge on any atom is -0.334 e. The number of rotatable bonds is 1. The van der Waals surface area contributed by atoms with Crippen LogP contribution in [0.3, 0.4) is 0 Å². The van der Waals surface area contributed by atoms with Crippen LogP contribution in [-0.4, -0.2) is 23.9 Å². The fourth-order valence-corrected chi connectivity index (χ4v) is 2.13. The van der Waals surface area contributed by atoms with Gasteiger partial charge in [-0.1, -0.05) is 17.7 Å². The van der Waals surface area contributed by atoms with Crippen molar-refractivity contribution in [3.63, 3.8) is 0 Å². The van der Waals surface area contributed by atoms with Crippen LogP contribution >= 0.6 is 12.6 Å². The lowest BCUT2D eigenvalue weighted by atomic mass is 10.1. The quantitative estimate of drug-likeness (QED) is 0.584. The third-order valence-electron chi connectivity index (χ3n) is 2.71. The summed E-state index contributed by atoms with van der Waals surface area (Å²) in [6, 6.07) is 7.40. The second-order valence-corrected chi connectivity index (χ2v) is 4.63. The summed E-state index contributed by atoms with van der Waals surface area (Å²) in [5.41, 5.74) is 1.99. The van der Waals surface area contributed by atoms with Gasteiger partial charge in [0.15, 0.2) is 0 Å². The van der Waals surface area contributed by atoms with E-state index in [2.05, 4.69) is 25.6 Å². The highest BCUT2D eigenvalue weighted by molar-refractivity contribution is 7.80. The van der Waals surface area contributed by atoms with E-state index in [-0.39, 0.29) is 5.91 Å². The Morgan fingerprint density at radius 3 is 2.94 bits per heavy atom. The van der Waals surface area contributed by atoms with Gasteiger partial charge in [0.2, 0.25) is 0 Å². The number of carbonyl (C=O) groups is 1.